The fourth-order valence-electron chi connectivity index (χ4n) is 4.41. The molecule has 0 saturated heterocycles. The lowest BCUT2D eigenvalue weighted by Crippen LogP contribution is -2.27. The number of Topliss-reactive ketones (excluding diaryl/α,β-unsaturated/α-hetero) is 1. The van der Waals surface area contributed by atoms with Gasteiger partial charge in [-0.15, -0.1) is 0 Å². The van der Waals surface area contributed by atoms with Crippen LogP contribution in [-0.4, -0.2) is 38.7 Å². The standard InChI is InChI=1S/C22H22O8/c1-9-10(2)18(24)12-6-14-20(30-8-28-14)22(26-4)16(12)15-11(17(9)23)5-13-19(21(15)25-3)29-7-27-13/h5-6,9-10,17,23H,7-8H2,1-4H3/t9-,10+,17+/m1/s1. The van der Waals surface area contributed by atoms with Crippen molar-refractivity contribution in [1.82, 2.24) is 0 Å². The van der Waals surface area contributed by atoms with E-state index in [4.69, 9.17) is 28.4 Å². The number of fused-ring (bicyclic) bond motifs is 5. The molecule has 0 aromatic heterocycles. The number of carbonyl (C=O) groups is 1. The van der Waals surface area contributed by atoms with E-state index >= 15 is 0 Å². The van der Waals surface area contributed by atoms with E-state index in [1.54, 1.807) is 12.1 Å². The molecule has 8 heteroatoms. The zero-order chi connectivity index (χ0) is 21.2. The maximum Gasteiger partial charge on any atom is 0.231 e. The van der Waals surface area contributed by atoms with E-state index in [9.17, 15) is 9.90 Å². The van der Waals surface area contributed by atoms with Gasteiger partial charge >= 0.3 is 0 Å². The lowest BCUT2D eigenvalue weighted by atomic mass is 9.75. The highest BCUT2D eigenvalue weighted by molar-refractivity contribution is 6.08. The van der Waals surface area contributed by atoms with Gasteiger partial charge in [0, 0.05) is 22.6 Å². The fraction of sp³-hybridized carbons (Fsp3) is 0.409. The molecule has 5 rings (SSSR count). The van der Waals surface area contributed by atoms with Crippen LogP contribution >= 0.6 is 0 Å². The van der Waals surface area contributed by atoms with Crippen molar-refractivity contribution in [1.29, 1.82) is 0 Å². The Hall–Kier alpha value is -3.13. The van der Waals surface area contributed by atoms with E-state index in [2.05, 4.69) is 0 Å². The monoisotopic (exact) mass is 414 g/mol. The van der Waals surface area contributed by atoms with Crippen LogP contribution in [0.15, 0.2) is 12.1 Å². The number of aliphatic hydroxyl groups is 1. The Morgan fingerprint density at radius 3 is 2.07 bits per heavy atom. The van der Waals surface area contributed by atoms with Gasteiger partial charge in [-0.2, -0.15) is 0 Å². The second-order valence-corrected chi connectivity index (χ2v) is 7.63. The van der Waals surface area contributed by atoms with Gasteiger partial charge in [-0.1, -0.05) is 13.8 Å². The predicted molar refractivity (Wildman–Crippen MR) is 105 cm³/mol. The van der Waals surface area contributed by atoms with Crippen LogP contribution in [0.3, 0.4) is 0 Å². The highest BCUT2D eigenvalue weighted by Gasteiger charge is 2.41. The largest absolute Gasteiger partial charge is 0.492 e. The molecule has 2 aromatic carbocycles. The number of hydrogen-bond donors (Lipinski definition) is 1. The highest BCUT2D eigenvalue weighted by atomic mass is 16.7. The molecule has 0 spiro atoms. The van der Waals surface area contributed by atoms with Crippen LogP contribution in [0.5, 0.6) is 34.5 Å². The molecule has 30 heavy (non-hydrogen) atoms. The first kappa shape index (κ1) is 18.9. The van der Waals surface area contributed by atoms with E-state index in [1.165, 1.54) is 14.2 Å². The van der Waals surface area contributed by atoms with Gasteiger partial charge in [0.25, 0.3) is 0 Å². The summed E-state index contributed by atoms with van der Waals surface area (Å²) in [4.78, 5) is 13.5. The van der Waals surface area contributed by atoms with E-state index in [-0.39, 0.29) is 25.3 Å². The van der Waals surface area contributed by atoms with Gasteiger partial charge in [0.15, 0.2) is 28.8 Å². The molecule has 2 heterocycles. The van der Waals surface area contributed by atoms with E-state index in [1.807, 2.05) is 13.8 Å². The molecular formula is C22H22O8. The number of hydrogen-bond acceptors (Lipinski definition) is 8. The Kier molecular flexibility index (Phi) is 4.21. The summed E-state index contributed by atoms with van der Waals surface area (Å²) in [7, 11) is 3.01. The van der Waals surface area contributed by atoms with Gasteiger partial charge in [-0.05, 0) is 23.6 Å². The summed E-state index contributed by atoms with van der Waals surface area (Å²) in [6.07, 6.45) is -0.939. The van der Waals surface area contributed by atoms with Crippen molar-refractivity contribution in [3.8, 4) is 45.6 Å². The molecule has 0 unspecified atom stereocenters. The molecule has 3 aliphatic rings. The number of ether oxygens (including phenoxy) is 6. The molecule has 0 fully saturated rings. The normalized spacial score (nSPS) is 23.4. The fourth-order valence-corrected chi connectivity index (χ4v) is 4.41. The average Bonchev–Trinajstić information content (AvgIpc) is 3.42. The van der Waals surface area contributed by atoms with Gasteiger partial charge in [0.05, 0.1) is 20.3 Å². The van der Waals surface area contributed by atoms with Crippen molar-refractivity contribution in [3.63, 3.8) is 0 Å². The third-order valence-electron chi connectivity index (χ3n) is 6.21. The molecule has 3 atom stereocenters. The summed E-state index contributed by atoms with van der Waals surface area (Å²) >= 11 is 0. The van der Waals surface area contributed by atoms with Crippen molar-refractivity contribution < 1.29 is 38.3 Å². The molecule has 2 aromatic rings. The van der Waals surface area contributed by atoms with Crippen LogP contribution in [0, 0.1) is 11.8 Å². The average molecular weight is 414 g/mol. The number of ketones is 1. The Balaban J connectivity index is 1.95. The van der Waals surface area contributed by atoms with Crippen LogP contribution in [0.1, 0.15) is 35.9 Å². The number of methoxy groups -OCH3 is 2. The van der Waals surface area contributed by atoms with Gasteiger partial charge in [0.1, 0.15) is 0 Å². The summed E-state index contributed by atoms with van der Waals surface area (Å²) in [6.45, 7) is 3.73. The van der Waals surface area contributed by atoms with Crippen LogP contribution in [-0.2, 0) is 0 Å². The van der Waals surface area contributed by atoms with Crippen molar-refractivity contribution in [3.05, 3.63) is 23.3 Å². The van der Waals surface area contributed by atoms with E-state index < -0.39 is 12.0 Å². The van der Waals surface area contributed by atoms with Crippen LogP contribution < -0.4 is 28.4 Å². The maximum absolute atomic E-state index is 13.5. The molecule has 1 aliphatic carbocycles. The van der Waals surface area contributed by atoms with Crippen molar-refractivity contribution in [2.45, 2.75) is 20.0 Å². The maximum atomic E-state index is 13.5. The van der Waals surface area contributed by atoms with Gasteiger partial charge in [-0.25, -0.2) is 0 Å². The molecule has 2 aliphatic heterocycles. The number of aliphatic hydroxyl groups excluding tert-OH is 1. The predicted octanol–water partition coefficient (Wildman–Crippen LogP) is 3.33. The summed E-state index contributed by atoms with van der Waals surface area (Å²) in [5, 5.41) is 11.3. The Labute approximate surface area is 173 Å². The van der Waals surface area contributed by atoms with Crippen molar-refractivity contribution in [2.24, 2.45) is 11.8 Å². The molecule has 0 radical (unpaired) electrons. The first-order chi connectivity index (χ1) is 14.5. The van der Waals surface area contributed by atoms with Gasteiger partial charge in [0.2, 0.25) is 25.1 Å². The molecule has 0 amide bonds. The molecule has 0 saturated carbocycles. The summed E-state index contributed by atoms with van der Waals surface area (Å²) in [6, 6.07) is 3.43. The molecule has 158 valence electrons. The third-order valence-corrected chi connectivity index (χ3v) is 6.21. The van der Waals surface area contributed by atoms with E-state index in [0.717, 1.165) is 0 Å². The minimum atomic E-state index is -0.939. The number of benzene rings is 2. The van der Waals surface area contributed by atoms with Crippen molar-refractivity contribution >= 4 is 5.78 Å². The highest BCUT2D eigenvalue weighted by Crippen LogP contribution is 2.58. The van der Waals surface area contributed by atoms with Crippen LogP contribution in [0.4, 0.5) is 0 Å². The molecule has 1 N–H and O–H groups in total. The van der Waals surface area contributed by atoms with Crippen LogP contribution in [0.25, 0.3) is 11.1 Å². The molecule has 8 nitrogen and oxygen atoms in total. The zero-order valence-corrected chi connectivity index (χ0v) is 17.1. The summed E-state index contributed by atoms with van der Waals surface area (Å²) < 4.78 is 33.8. The lowest BCUT2D eigenvalue weighted by Gasteiger charge is -2.31. The number of rotatable bonds is 2. The molecule has 0 bridgehead atoms. The second-order valence-electron chi connectivity index (χ2n) is 7.63. The zero-order valence-electron chi connectivity index (χ0n) is 17.1. The third kappa shape index (κ3) is 2.40. The van der Waals surface area contributed by atoms with Gasteiger partial charge in [-0.3, -0.25) is 4.79 Å². The lowest BCUT2D eigenvalue weighted by molar-refractivity contribution is 0.0650. The summed E-state index contributed by atoms with van der Waals surface area (Å²) in [5.41, 5.74) is 1.99. The minimum absolute atomic E-state index is 0.0302. The first-order valence-electron chi connectivity index (χ1n) is 9.71. The Bertz CT molecular complexity index is 1060. The molecular weight excluding hydrogens is 392 g/mol. The Morgan fingerprint density at radius 1 is 0.900 bits per heavy atom. The topological polar surface area (TPSA) is 92.7 Å². The first-order valence-corrected chi connectivity index (χ1v) is 9.71. The van der Waals surface area contributed by atoms with E-state index in [0.29, 0.717) is 56.8 Å². The second kappa shape index (κ2) is 6.70. The van der Waals surface area contributed by atoms with Crippen LogP contribution in [0.2, 0.25) is 0 Å². The summed E-state index contributed by atoms with van der Waals surface area (Å²) in [5.74, 6) is 1.54. The van der Waals surface area contributed by atoms with Crippen molar-refractivity contribution in [2.75, 3.05) is 27.8 Å². The minimum Gasteiger partial charge on any atom is -0.492 e. The SMILES string of the molecule is COc1c2c(cc3c1-c1c(cc4c(c1OC)OCO4)[C@@H](O)[C@H](C)[C@H](C)C3=O)OCO2. The Morgan fingerprint density at radius 2 is 1.47 bits per heavy atom. The smallest absolute Gasteiger partial charge is 0.231 e. The quantitative estimate of drug-likeness (QED) is 0.800. The number of carbonyl (C=O) groups excluding carboxylic acids is 1. The van der Waals surface area contributed by atoms with Gasteiger partial charge < -0.3 is 33.5 Å².